The molecule has 196 valence electrons. The molecule has 0 spiro atoms. The summed E-state index contributed by atoms with van der Waals surface area (Å²) in [6.07, 6.45) is 14.9. The lowest BCUT2D eigenvalue weighted by atomic mass is 9.71. The number of benzene rings is 1. The van der Waals surface area contributed by atoms with E-state index in [1.165, 1.54) is 29.4 Å². The molecule has 1 aliphatic rings. The summed E-state index contributed by atoms with van der Waals surface area (Å²) in [4.78, 5) is 16.4. The number of anilines is 1. The van der Waals surface area contributed by atoms with E-state index < -0.39 is 17.6 Å². The van der Waals surface area contributed by atoms with Crippen molar-refractivity contribution in [1.29, 1.82) is 0 Å². The maximum Gasteiger partial charge on any atom is 0.416 e. The normalized spacial score (nSPS) is 19.2. The zero-order valence-corrected chi connectivity index (χ0v) is 21.9. The topological polar surface area (TPSA) is 46.9 Å². The van der Waals surface area contributed by atoms with E-state index in [2.05, 4.69) is 47.8 Å². The fraction of sp³-hybridized carbons (Fsp3) is 0.333. The largest absolute Gasteiger partial charge is 0.416 e. The molecule has 0 fully saturated rings. The van der Waals surface area contributed by atoms with Gasteiger partial charge in [-0.2, -0.15) is 13.2 Å². The zero-order chi connectivity index (χ0) is 27.2. The van der Waals surface area contributed by atoms with E-state index in [-0.39, 0.29) is 5.41 Å². The van der Waals surface area contributed by atoms with Gasteiger partial charge in [-0.15, -0.1) is 0 Å². The molecule has 0 radical (unpaired) electrons. The second-order valence-corrected chi connectivity index (χ2v) is 10.1. The molecule has 1 N–H and O–H groups in total. The van der Waals surface area contributed by atoms with E-state index in [1.54, 1.807) is 6.92 Å². The molecule has 7 heteroatoms. The van der Waals surface area contributed by atoms with Gasteiger partial charge in [-0.1, -0.05) is 49.8 Å². The van der Waals surface area contributed by atoms with E-state index in [4.69, 9.17) is 0 Å². The van der Waals surface area contributed by atoms with Gasteiger partial charge < -0.3 is 9.88 Å². The fourth-order valence-corrected chi connectivity index (χ4v) is 4.54. The Morgan fingerprint density at radius 1 is 1.14 bits per heavy atom. The highest BCUT2D eigenvalue weighted by atomic mass is 19.4. The summed E-state index contributed by atoms with van der Waals surface area (Å²) in [6, 6.07) is 4.68. The number of rotatable bonds is 7. The van der Waals surface area contributed by atoms with E-state index in [9.17, 15) is 18.0 Å². The molecule has 1 atom stereocenters. The molecular weight excluding hydrogens is 475 g/mol. The Labute approximate surface area is 217 Å². The molecule has 3 rings (SSSR count). The van der Waals surface area contributed by atoms with Gasteiger partial charge in [0.2, 0.25) is 5.91 Å². The molecular formula is C30H34F3N3O. The predicted octanol–water partition coefficient (Wildman–Crippen LogP) is 8.22. The Bertz CT molecular complexity index is 1240. The number of aromatic nitrogens is 2. The van der Waals surface area contributed by atoms with Crippen LogP contribution in [0, 0.1) is 5.41 Å². The van der Waals surface area contributed by atoms with Crippen molar-refractivity contribution in [2.24, 2.45) is 5.41 Å². The lowest BCUT2D eigenvalue weighted by Crippen LogP contribution is -2.25. The smallest absolute Gasteiger partial charge is 0.330 e. The lowest BCUT2D eigenvalue weighted by Gasteiger charge is -2.37. The highest BCUT2D eigenvalue weighted by Crippen LogP contribution is 2.45. The van der Waals surface area contributed by atoms with Crippen LogP contribution in [0.4, 0.5) is 18.9 Å². The van der Waals surface area contributed by atoms with Gasteiger partial charge in [-0.3, -0.25) is 4.79 Å². The van der Waals surface area contributed by atoms with E-state index in [1.807, 2.05) is 43.9 Å². The van der Waals surface area contributed by atoms with Crippen molar-refractivity contribution >= 4 is 11.6 Å². The zero-order valence-electron chi connectivity index (χ0n) is 21.9. The van der Waals surface area contributed by atoms with Crippen LogP contribution in [0.25, 0.3) is 0 Å². The van der Waals surface area contributed by atoms with Crippen LogP contribution in [-0.4, -0.2) is 15.5 Å². The van der Waals surface area contributed by atoms with Crippen LogP contribution in [0.1, 0.15) is 59.1 Å². The molecule has 1 aromatic carbocycles. The fourth-order valence-electron chi connectivity index (χ4n) is 4.54. The maximum atomic E-state index is 12.7. The second-order valence-electron chi connectivity index (χ2n) is 10.1. The number of hydrogen-bond donors (Lipinski definition) is 1. The van der Waals surface area contributed by atoms with Gasteiger partial charge in [0.05, 0.1) is 17.9 Å². The van der Waals surface area contributed by atoms with Gasteiger partial charge in [0.1, 0.15) is 0 Å². The summed E-state index contributed by atoms with van der Waals surface area (Å²) in [5, 5.41) is 2.58. The van der Waals surface area contributed by atoms with Crippen molar-refractivity contribution < 1.29 is 18.0 Å². The standard InChI is InChI=1S/C30H34F3N3O/c1-21(9-14-26-23(3)27(15-16-29(26,4)5)36-18-17-34-20-36)7-6-8-22(2)19-28(37)35-25-12-10-24(11-13-25)30(31,32)33/h6-14,17-20,27H,15-16H2,1-5H3,(H,35,37)/b8-6+,14-9+,21-7+,22-19-. The summed E-state index contributed by atoms with van der Waals surface area (Å²) in [5.41, 5.74) is 4.11. The summed E-state index contributed by atoms with van der Waals surface area (Å²) in [5.74, 6) is -0.406. The average molecular weight is 510 g/mol. The van der Waals surface area contributed by atoms with Crippen LogP contribution in [0.2, 0.25) is 0 Å². The highest BCUT2D eigenvalue weighted by molar-refractivity contribution is 5.99. The van der Waals surface area contributed by atoms with Gasteiger partial charge in [0.25, 0.3) is 0 Å². The lowest BCUT2D eigenvalue weighted by molar-refractivity contribution is -0.137. The van der Waals surface area contributed by atoms with Crippen LogP contribution in [0.5, 0.6) is 0 Å². The first-order valence-electron chi connectivity index (χ1n) is 12.2. The minimum atomic E-state index is -4.41. The molecule has 1 heterocycles. The third kappa shape index (κ3) is 7.68. The molecule has 0 saturated heterocycles. The Morgan fingerprint density at radius 2 is 1.84 bits per heavy atom. The Hall–Kier alpha value is -3.61. The highest BCUT2D eigenvalue weighted by Gasteiger charge is 2.32. The first-order valence-corrected chi connectivity index (χ1v) is 12.2. The molecule has 0 bridgehead atoms. The number of nitrogens with one attached hydrogen (secondary N) is 1. The molecule has 1 aromatic heterocycles. The molecule has 4 nitrogen and oxygen atoms in total. The third-order valence-electron chi connectivity index (χ3n) is 6.65. The Balaban J connectivity index is 1.63. The maximum absolute atomic E-state index is 12.7. The Kier molecular flexibility index (Phi) is 8.79. The number of alkyl halides is 3. The van der Waals surface area contributed by atoms with Crippen LogP contribution in [0.15, 0.2) is 102 Å². The SMILES string of the molecule is CC1=C(/C=C/C(C)=C/C=C/C(C)=C\C(=O)Nc2ccc(C(F)(F)F)cc2)C(C)(C)CCC1n1ccnc1. The van der Waals surface area contributed by atoms with Crippen molar-refractivity contribution in [2.45, 2.75) is 59.7 Å². The number of hydrogen-bond acceptors (Lipinski definition) is 2. The van der Waals surface area contributed by atoms with Crippen molar-refractivity contribution in [2.75, 3.05) is 5.32 Å². The van der Waals surface area contributed by atoms with Crippen molar-refractivity contribution in [3.8, 4) is 0 Å². The minimum absolute atomic E-state index is 0.0908. The van der Waals surface area contributed by atoms with Crippen LogP contribution >= 0.6 is 0 Å². The quantitative estimate of drug-likeness (QED) is 0.302. The number of amides is 1. The van der Waals surface area contributed by atoms with Crippen molar-refractivity contribution in [3.05, 3.63) is 107 Å². The number of carbonyl (C=O) groups is 1. The molecule has 37 heavy (non-hydrogen) atoms. The number of halogens is 3. The van der Waals surface area contributed by atoms with E-state index in [0.717, 1.165) is 30.5 Å². The summed E-state index contributed by atoms with van der Waals surface area (Å²) in [6.45, 7) is 10.6. The average Bonchev–Trinajstić information content (AvgIpc) is 3.33. The molecule has 0 saturated carbocycles. The van der Waals surface area contributed by atoms with Gasteiger partial charge >= 0.3 is 6.18 Å². The van der Waals surface area contributed by atoms with Crippen LogP contribution < -0.4 is 5.32 Å². The van der Waals surface area contributed by atoms with Crippen LogP contribution in [-0.2, 0) is 11.0 Å². The first-order chi connectivity index (χ1) is 17.4. The van der Waals surface area contributed by atoms with Gasteiger partial charge in [-0.25, -0.2) is 4.98 Å². The summed E-state index contributed by atoms with van der Waals surface area (Å²) >= 11 is 0. The third-order valence-corrected chi connectivity index (χ3v) is 6.65. The van der Waals surface area contributed by atoms with Gasteiger partial charge in [-0.05, 0) is 80.0 Å². The minimum Gasteiger partial charge on any atom is -0.330 e. The molecule has 1 unspecified atom stereocenters. The summed E-state index contributed by atoms with van der Waals surface area (Å²) in [7, 11) is 0. The number of nitrogens with zero attached hydrogens (tertiary/aromatic N) is 2. The number of carbonyl (C=O) groups excluding carboxylic acids is 1. The number of imidazole rings is 1. The van der Waals surface area contributed by atoms with E-state index in [0.29, 0.717) is 17.3 Å². The molecule has 1 amide bonds. The van der Waals surface area contributed by atoms with Gasteiger partial charge in [0.15, 0.2) is 0 Å². The molecule has 1 aliphatic carbocycles. The van der Waals surface area contributed by atoms with Gasteiger partial charge in [0, 0.05) is 24.2 Å². The predicted molar refractivity (Wildman–Crippen MR) is 143 cm³/mol. The van der Waals surface area contributed by atoms with E-state index >= 15 is 0 Å². The molecule has 2 aromatic rings. The monoisotopic (exact) mass is 509 g/mol. The van der Waals surface area contributed by atoms with Crippen molar-refractivity contribution in [1.82, 2.24) is 9.55 Å². The first kappa shape index (κ1) is 28.0. The second kappa shape index (κ2) is 11.6. The summed E-state index contributed by atoms with van der Waals surface area (Å²) < 4.78 is 40.2. The number of allylic oxidation sites excluding steroid dienone is 9. The Morgan fingerprint density at radius 3 is 2.46 bits per heavy atom. The van der Waals surface area contributed by atoms with Crippen LogP contribution in [0.3, 0.4) is 0 Å². The van der Waals surface area contributed by atoms with Crippen molar-refractivity contribution in [3.63, 3.8) is 0 Å². The molecule has 0 aliphatic heterocycles.